The molecule has 3 aliphatic rings. The van der Waals surface area contributed by atoms with E-state index in [-0.39, 0.29) is 5.78 Å². The van der Waals surface area contributed by atoms with E-state index in [4.69, 9.17) is 21.6 Å². The lowest BCUT2D eigenvalue weighted by Gasteiger charge is -2.43. The molecule has 1 saturated carbocycles. The molecule has 2 aromatic rings. The lowest BCUT2D eigenvalue weighted by atomic mass is 9.91. The molecule has 2 aliphatic carbocycles. The van der Waals surface area contributed by atoms with Gasteiger partial charge >= 0.3 is 0 Å². The van der Waals surface area contributed by atoms with Crippen LogP contribution in [0.15, 0.2) is 30.5 Å². The van der Waals surface area contributed by atoms with Gasteiger partial charge in [-0.1, -0.05) is 30.2 Å². The van der Waals surface area contributed by atoms with Crippen molar-refractivity contribution in [3.05, 3.63) is 52.3 Å². The molecule has 5 rings (SSSR count). The first kappa shape index (κ1) is 21.8. The number of benzene rings is 1. The molecule has 32 heavy (non-hydrogen) atoms. The minimum atomic E-state index is 0.153. The summed E-state index contributed by atoms with van der Waals surface area (Å²) in [6.07, 6.45) is 11.9. The second kappa shape index (κ2) is 9.88. The number of aryl methyl sites for hydroxylation is 2. The predicted octanol–water partition coefficient (Wildman–Crippen LogP) is 4.96. The number of fused-ring (bicyclic) bond motifs is 1. The zero-order chi connectivity index (χ0) is 21.9. The molecule has 6 heteroatoms. The first-order valence-corrected chi connectivity index (χ1v) is 12.7. The average molecular weight is 453 g/mol. The van der Waals surface area contributed by atoms with Crippen LogP contribution >= 0.6 is 11.6 Å². The van der Waals surface area contributed by atoms with Crippen molar-refractivity contribution in [1.82, 2.24) is 14.9 Å². The van der Waals surface area contributed by atoms with Gasteiger partial charge in [-0.2, -0.15) is 0 Å². The molecule has 0 bridgehead atoms. The normalized spacial score (nSPS) is 22.2. The molecule has 1 aromatic heterocycles. The van der Waals surface area contributed by atoms with Crippen LogP contribution in [0.1, 0.15) is 66.6 Å². The van der Waals surface area contributed by atoms with Gasteiger partial charge < -0.3 is 4.90 Å². The van der Waals surface area contributed by atoms with Crippen LogP contribution in [-0.4, -0.2) is 52.9 Å². The van der Waals surface area contributed by atoms with Crippen LogP contribution < -0.4 is 4.90 Å². The molecule has 1 saturated heterocycles. The number of hydrogen-bond acceptors (Lipinski definition) is 5. The molecular weight excluding hydrogens is 420 g/mol. The zero-order valence-electron chi connectivity index (χ0n) is 18.8. The van der Waals surface area contributed by atoms with E-state index < -0.39 is 0 Å². The van der Waals surface area contributed by atoms with E-state index in [2.05, 4.69) is 16.0 Å². The van der Waals surface area contributed by atoms with Crippen LogP contribution in [-0.2, 0) is 12.8 Å². The Balaban J connectivity index is 1.15. The average Bonchev–Trinajstić information content (AvgIpc) is 2.99. The maximum Gasteiger partial charge on any atom is 0.225 e. The summed E-state index contributed by atoms with van der Waals surface area (Å²) in [7, 11) is 0. The summed E-state index contributed by atoms with van der Waals surface area (Å²) in [6, 6.07) is 8.19. The zero-order valence-corrected chi connectivity index (χ0v) is 19.6. The molecule has 1 aromatic carbocycles. The Labute approximate surface area is 196 Å². The van der Waals surface area contributed by atoms with Crippen LogP contribution in [0.25, 0.3) is 0 Å². The number of hydrogen-bond donors (Lipinski definition) is 0. The molecule has 0 N–H and O–H groups in total. The molecule has 1 aliphatic heterocycles. The number of ketones is 1. The summed E-state index contributed by atoms with van der Waals surface area (Å²) >= 11 is 6.20. The maximum atomic E-state index is 12.6. The summed E-state index contributed by atoms with van der Waals surface area (Å²) < 4.78 is 0. The Morgan fingerprint density at radius 3 is 2.56 bits per heavy atom. The standard InChI is InChI=1S/C26H33ClN4O/c27-23-7-2-1-6-22(23)25(32)13-10-19-8-11-20-18-28-26(29-24(20)12-9-19)31-16-14-30(15-17-31)21-4-3-5-21/h1-2,6-7,18-19,21H,3-5,8-17H2. The number of piperazine rings is 1. The lowest BCUT2D eigenvalue weighted by molar-refractivity contribution is 0.0972. The van der Waals surface area contributed by atoms with Crippen molar-refractivity contribution >= 4 is 23.3 Å². The summed E-state index contributed by atoms with van der Waals surface area (Å²) in [5.74, 6) is 1.61. The van der Waals surface area contributed by atoms with E-state index in [0.717, 1.165) is 70.3 Å². The van der Waals surface area contributed by atoms with Gasteiger partial charge in [-0.3, -0.25) is 9.69 Å². The molecule has 1 atom stereocenters. The second-order valence-electron chi connectivity index (χ2n) is 9.63. The van der Waals surface area contributed by atoms with Gasteiger partial charge in [0.25, 0.3) is 0 Å². The van der Waals surface area contributed by atoms with Gasteiger partial charge in [-0.25, -0.2) is 9.97 Å². The van der Waals surface area contributed by atoms with Gasteiger partial charge in [0.2, 0.25) is 5.95 Å². The van der Waals surface area contributed by atoms with Gasteiger partial charge in [0.05, 0.1) is 5.02 Å². The van der Waals surface area contributed by atoms with E-state index in [1.807, 2.05) is 18.2 Å². The minimum Gasteiger partial charge on any atom is -0.338 e. The summed E-state index contributed by atoms with van der Waals surface area (Å²) in [5.41, 5.74) is 3.16. The fourth-order valence-electron chi connectivity index (χ4n) is 5.34. The Morgan fingerprint density at radius 2 is 1.81 bits per heavy atom. The second-order valence-corrected chi connectivity index (χ2v) is 10.0. The van der Waals surface area contributed by atoms with Crippen molar-refractivity contribution in [3.8, 4) is 0 Å². The van der Waals surface area contributed by atoms with E-state index >= 15 is 0 Å². The molecule has 2 fully saturated rings. The van der Waals surface area contributed by atoms with Gasteiger partial charge in [0.15, 0.2) is 5.78 Å². The first-order valence-electron chi connectivity index (χ1n) is 12.3. The van der Waals surface area contributed by atoms with Crippen molar-refractivity contribution in [1.29, 1.82) is 0 Å². The monoisotopic (exact) mass is 452 g/mol. The Morgan fingerprint density at radius 1 is 1.03 bits per heavy atom. The number of carbonyl (C=O) groups excluding carboxylic acids is 1. The number of halogens is 1. The SMILES string of the molecule is O=C(CCC1CCc2cnc(N3CCN(C4CCC4)CC3)nc2CC1)c1ccccc1Cl. The number of nitrogens with zero attached hydrogens (tertiary/aromatic N) is 4. The highest BCUT2D eigenvalue weighted by Gasteiger charge is 2.29. The molecule has 5 nitrogen and oxygen atoms in total. The van der Waals surface area contributed by atoms with Crippen LogP contribution in [0.4, 0.5) is 5.95 Å². The highest BCUT2D eigenvalue weighted by Crippen LogP contribution is 2.29. The van der Waals surface area contributed by atoms with Crippen molar-refractivity contribution in [3.63, 3.8) is 0 Å². The molecule has 1 unspecified atom stereocenters. The molecule has 0 amide bonds. The number of rotatable bonds is 6. The summed E-state index contributed by atoms with van der Waals surface area (Å²) in [4.78, 5) is 27.4. The quantitative estimate of drug-likeness (QED) is 0.457. The predicted molar refractivity (Wildman–Crippen MR) is 129 cm³/mol. The van der Waals surface area contributed by atoms with Gasteiger partial charge in [0, 0.05) is 56.1 Å². The van der Waals surface area contributed by atoms with E-state index in [1.165, 1.54) is 30.5 Å². The van der Waals surface area contributed by atoms with Crippen molar-refractivity contribution in [2.75, 3.05) is 31.1 Å². The smallest absolute Gasteiger partial charge is 0.225 e. The highest BCUT2D eigenvalue weighted by molar-refractivity contribution is 6.33. The van der Waals surface area contributed by atoms with Gasteiger partial charge in [-0.05, 0) is 68.6 Å². The van der Waals surface area contributed by atoms with Crippen molar-refractivity contribution in [2.45, 2.75) is 63.8 Å². The Hall–Kier alpha value is -1.98. The van der Waals surface area contributed by atoms with Crippen LogP contribution in [0.5, 0.6) is 0 Å². The Bertz CT molecular complexity index is 953. The molecular formula is C26H33ClN4O. The third-order valence-electron chi connectivity index (χ3n) is 7.69. The maximum absolute atomic E-state index is 12.6. The molecule has 0 spiro atoms. The van der Waals surface area contributed by atoms with Gasteiger partial charge in [-0.15, -0.1) is 0 Å². The summed E-state index contributed by atoms with van der Waals surface area (Å²) in [6.45, 7) is 4.32. The summed E-state index contributed by atoms with van der Waals surface area (Å²) in [5, 5.41) is 0.557. The van der Waals surface area contributed by atoms with Crippen LogP contribution in [0.2, 0.25) is 5.02 Å². The number of Topliss-reactive ketones (excluding diaryl/α,β-unsaturated/α-hetero) is 1. The van der Waals surface area contributed by atoms with E-state index in [0.29, 0.717) is 22.9 Å². The highest BCUT2D eigenvalue weighted by atomic mass is 35.5. The van der Waals surface area contributed by atoms with Gasteiger partial charge in [0.1, 0.15) is 0 Å². The first-order chi connectivity index (χ1) is 15.7. The minimum absolute atomic E-state index is 0.153. The molecule has 0 radical (unpaired) electrons. The van der Waals surface area contributed by atoms with E-state index in [1.54, 1.807) is 6.07 Å². The number of anilines is 1. The third-order valence-corrected chi connectivity index (χ3v) is 8.02. The fraction of sp³-hybridized carbons (Fsp3) is 0.577. The van der Waals surface area contributed by atoms with E-state index in [9.17, 15) is 4.79 Å². The number of carbonyl (C=O) groups is 1. The number of aromatic nitrogens is 2. The van der Waals surface area contributed by atoms with Crippen molar-refractivity contribution < 1.29 is 4.79 Å². The Kier molecular flexibility index (Phi) is 6.74. The van der Waals surface area contributed by atoms with Crippen LogP contribution in [0, 0.1) is 5.92 Å². The van der Waals surface area contributed by atoms with Crippen LogP contribution in [0.3, 0.4) is 0 Å². The molecule has 170 valence electrons. The fourth-order valence-corrected chi connectivity index (χ4v) is 5.58. The van der Waals surface area contributed by atoms with Crippen molar-refractivity contribution in [2.24, 2.45) is 5.92 Å². The lowest BCUT2D eigenvalue weighted by Crippen LogP contribution is -2.52. The largest absolute Gasteiger partial charge is 0.338 e. The topological polar surface area (TPSA) is 49.3 Å². The molecule has 2 heterocycles. The third kappa shape index (κ3) is 4.84.